The fraction of sp³-hybridized carbons (Fsp3) is 0.310. The molecule has 11 heteroatoms. The van der Waals surface area contributed by atoms with Gasteiger partial charge in [-0.15, -0.1) is 0 Å². The van der Waals surface area contributed by atoms with E-state index in [2.05, 4.69) is 5.32 Å². The number of hydrogen-bond acceptors (Lipinski definition) is 4. The molecule has 212 valence electrons. The van der Waals surface area contributed by atoms with Crippen molar-refractivity contribution < 1.29 is 22.4 Å². The van der Waals surface area contributed by atoms with Gasteiger partial charge in [0.25, 0.3) is 10.0 Å². The van der Waals surface area contributed by atoms with Crippen LogP contribution in [0.1, 0.15) is 38.2 Å². The summed E-state index contributed by atoms with van der Waals surface area (Å²) in [6.45, 7) is 0.858. The van der Waals surface area contributed by atoms with Gasteiger partial charge in [-0.05, 0) is 68.3 Å². The average Bonchev–Trinajstić information content (AvgIpc) is 3.45. The van der Waals surface area contributed by atoms with Crippen LogP contribution in [0.15, 0.2) is 77.7 Å². The van der Waals surface area contributed by atoms with E-state index >= 15 is 0 Å². The number of anilines is 1. The van der Waals surface area contributed by atoms with Crippen LogP contribution < -0.4 is 9.62 Å². The normalized spacial score (nSPS) is 14.5. The summed E-state index contributed by atoms with van der Waals surface area (Å²) >= 11 is 12.8. The van der Waals surface area contributed by atoms with E-state index in [0.29, 0.717) is 15.6 Å². The molecule has 1 saturated carbocycles. The number of sulfonamides is 1. The summed E-state index contributed by atoms with van der Waals surface area (Å²) in [5.41, 5.74) is 0.673. The molecule has 0 aliphatic heterocycles. The zero-order valence-electron chi connectivity index (χ0n) is 21.9. The van der Waals surface area contributed by atoms with Gasteiger partial charge < -0.3 is 10.2 Å². The van der Waals surface area contributed by atoms with Crippen molar-refractivity contribution in [2.45, 2.75) is 56.1 Å². The first-order valence-corrected chi connectivity index (χ1v) is 15.1. The predicted molar refractivity (Wildman–Crippen MR) is 154 cm³/mol. The van der Waals surface area contributed by atoms with Gasteiger partial charge in [0.15, 0.2) is 0 Å². The van der Waals surface area contributed by atoms with Crippen LogP contribution in [0.4, 0.5) is 10.1 Å². The van der Waals surface area contributed by atoms with Crippen molar-refractivity contribution in [2.75, 3.05) is 10.8 Å². The number of benzene rings is 3. The number of nitrogens with zero attached hydrogens (tertiary/aromatic N) is 2. The predicted octanol–water partition coefficient (Wildman–Crippen LogP) is 5.80. The van der Waals surface area contributed by atoms with Crippen LogP contribution in [0.25, 0.3) is 0 Å². The molecule has 0 radical (unpaired) electrons. The summed E-state index contributed by atoms with van der Waals surface area (Å²) in [5, 5.41) is 3.63. The molecular weight excluding hydrogens is 576 g/mol. The molecule has 0 unspecified atom stereocenters. The topological polar surface area (TPSA) is 86.8 Å². The highest BCUT2D eigenvalue weighted by atomic mass is 35.5. The second kappa shape index (κ2) is 13.0. The fourth-order valence-electron chi connectivity index (χ4n) is 4.69. The SMILES string of the molecule is C[C@H](C(=O)NC1CCCC1)N(Cc1c(Cl)cccc1Cl)C(=O)CN(c1ccccc1)S(=O)(=O)c1ccc(F)cc1. The molecule has 40 heavy (non-hydrogen) atoms. The molecule has 1 atom stereocenters. The Kier molecular flexibility index (Phi) is 9.71. The van der Waals surface area contributed by atoms with Crippen LogP contribution in [0.2, 0.25) is 10.0 Å². The Labute approximate surface area is 243 Å². The van der Waals surface area contributed by atoms with Gasteiger partial charge in [0.2, 0.25) is 11.8 Å². The van der Waals surface area contributed by atoms with E-state index < -0.39 is 34.3 Å². The van der Waals surface area contributed by atoms with Crippen LogP contribution in [0, 0.1) is 5.82 Å². The van der Waals surface area contributed by atoms with E-state index in [9.17, 15) is 22.4 Å². The highest BCUT2D eigenvalue weighted by Gasteiger charge is 2.34. The lowest BCUT2D eigenvalue weighted by atomic mass is 10.1. The average molecular weight is 607 g/mol. The van der Waals surface area contributed by atoms with Crippen molar-refractivity contribution in [1.82, 2.24) is 10.2 Å². The Hall–Kier alpha value is -3.14. The maximum atomic E-state index is 14.0. The number of rotatable bonds is 10. The second-order valence-corrected chi connectivity index (χ2v) is 12.4. The minimum atomic E-state index is -4.29. The van der Waals surface area contributed by atoms with Crippen LogP contribution in [-0.4, -0.2) is 43.8 Å². The van der Waals surface area contributed by atoms with Crippen LogP contribution in [-0.2, 0) is 26.2 Å². The van der Waals surface area contributed by atoms with Crippen molar-refractivity contribution in [3.63, 3.8) is 0 Å². The quantitative estimate of drug-likeness (QED) is 0.316. The molecule has 3 aromatic rings. The first-order valence-electron chi connectivity index (χ1n) is 12.9. The maximum Gasteiger partial charge on any atom is 0.264 e. The van der Waals surface area contributed by atoms with E-state index in [1.54, 1.807) is 55.5 Å². The molecular formula is C29H30Cl2FN3O4S. The van der Waals surface area contributed by atoms with Crippen molar-refractivity contribution in [3.8, 4) is 0 Å². The van der Waals surface area contributed by atoms with Gasteiger partial charge in [0.1, 0.15) is 18.4 Å². The van der Waals surface area contributed by atoms with Gasteiger partial charge in [-0.25, -0.2) is 12.8 Å². The highest BCUT2D eigenvalue weighted by Crippen LogP contribution is 2.28. The second-order valence-electron chi connectivity index (χ2n) is 9.69. The molecule has 0 spiro atoms. The molecule has 0 aromatic heterocycles. The molecule has 0 heterocycles. The molecule has 7 nitrogen and oxygen atoms in total. The number of halogens is 3. The molecule has 2 amide bonds. The smallest absolute Gasteiger partial charge is 0.264 e. The molecule has 1 N–H and O–H groups in total. The molecule has 0 bridgehead atoms. The van der Waals surface area contributed by atoms with Crippen molar-refractivity contribution in [2.24, 2.45) is 0 Å². The van der Waals surface area contributed by atoms with Gasteiger partial charge in [-0.3, -0.25) is 13.9 Å². The van der Waals surface area contributed by atoms with Crippen LogP contribution in [0.3, 0.4) is 0 Å². The Bertz CT molecular complexity index is 1430. The summed E-state index contributed by atoms with van der Waals surface area (Å²) in [7, 11) is -4.29. The zero-order valence-corrected chi connectivity index (χ0v) is 24.2. The van der Waals surface area contributed by atoms with Gasteiger partial charge in [0.05, 0.1) is 10.6 Å². The molecule has 1 aliphatic rings. The molecule has 4 rings (SSSR count). The largest absolute Gasteiger partial charge is 0.352 e. The molecule has 0 saturated heterocycles. The maximum absolute atomic E-state index is 14.0. The van der Waals surface area contributed by atoms with Gasteiger partial charge in [-0.2, -0.15) is 0 Å². The first kappa shape index (κ1) is 29.8. The summed E-state index contributed by atoms with van der Waals surface area (Å²) in [6, 6.07) is 16.5. The van der Waals surface area contributed by atoms with E-state index in [4.69, 9.17) is 23.2 Å². The lowest BCUT2D eigenvalue weighted by molar-refractivity contribution is -0.139. The Balaban J connectivity index is 1.69. The summed E-state index contributed by atoms with van der Waals surface area (Å²) in [6.07, 6.45) is 3.76. The van der Waals surface area contributed by atoms with Crippen molar-refractivity contribution in [3.05, 3.63) is 94.2 Å². The Morgan fingerprint density at radius 3 is 2.15 bits per heavy atom. The van der Waals surface area contributed by atoms with E-state index in [-0.39, 0.29) is 29.1 Å². The standard InChI is InChI=1S/C29H30Cl2FN3O4S/c1-20(29(37)33-22-8-5-6-9-22)34(18-25-26(30)12-7-13-27(25)31)28(36)19-35(23-10-3-2-4-11-23)40(38,39)24-16-14-21(32)15-17-24/h2-4,7,10-17,20,22H,5-6,8-9,18-19H2,1H3,(H,33,37)/t20-/m1/s1. The van der Waals surface area contributed by atoms with E-state index in [1.165, 1.54) is 4.90 Å². The Morgan fingerprint density at radius 1 is 0.950 bits per heavy atom. The number of para-hydroxylation sites is 1. The molecule has 1 aliphatic carbocycles. The lowest BCUT2D eigenvalue weighted by Gasteiger charge is -2.33. The van der Waals surface area contributed by atoms with Crippen LogP contribution in [0.5, 0.6) is 0 Å². The molecule has 3 aromatic carbocycles. The number of nitrogens with one attached hydrogen (secondary N) is 1. The third kappa shape index (κ3) is 6.95. The van der Waals surface area contributed by atoms with Crippen molar-refractivity contribution >= 4 is 50.7 Å². The lowest BCUT2D eigenvalue weighted by Crippen LogP contribution is -2.52. The number of amides is 2. The third-order valence-electron chi connectivity index (χ3n) is 6.98. The number of carbonyl (C=O) groups excluding carboxylic acids is 2. The summed E-state index contributed by atoms with van der Waals surface area (Å²) in [4.78, 5) is 28.3. The first-order chi connectivity index (χ1) is 19.1. The van der Waals surface area contributed by atoms with Crippen LogP contribution >= 0.6 is 23.2 Å². The minimum absolute atomic E-state index is 0.0236. The van der Waals surface area contributed by atoms with Gasteiger partial charge in [0, 0.05) is 28.2 Å². The zero-order chi connectivity index (χ0) is 28.9. The van der Waals surface area contributed by atoms with E-state index in [0.717, 1.165) is 54.3 Å². The number of hydrogen-bond donors (Lipinski definition) is 1. The molecule has 1 fully saturated rings. The summed E-state index contributed by atoms with van der Waals surface area (Å²) < 4.78 is 41.9. The van der Waals surface area contributed by atoms with E-state index in [1.807, 2.05) is 0 Å². The van der Waals surface area contributed by atoms with Gasteiger partial charge in [-0.1, -0.05) is 60.3 Å². The fourth-order valence-corrected chi connectivity index (χ4v) is 6.62. The minimum Gasteiger partial charge on any atom is -0.352 e. The number of carbonyl (C=O) groups is 2. The Morgan fingerprint density at radius 2 is 1.55 bits per heavy atom. The van der Waals surface area contributed by atoms with Crippen molar-refractivity contribution in [1.29, 1.82) is 0 Å². The monoisotopic (exact) mass is 605 g/mol. The highest BCUT2D eigenvalue weighted by molar-refractivity contribution is 7.92. The third-order valence-corrected chi connectivity index (χ3v) is 9.48. The summed E-state index contributed by atoms with van der Waals surface area (Å²) in [5.74, 6) is -1.58. The van der Waals surface area contributed by atoms with Gasteiger partial charge >= 0.3 is 0 Å².